The molecule has 0 radical (unpaired) electrons. The number of nitrogens with one attached hydrogen (secondary N) is 2. The highest BCUT2D eigenvalue weighted by molar-refractivity contribution is 6.32. The van der Waals surface area contributed by atoms with Crippen LogP contribution in [0.25, 0.3) is 0 Å². The Bertz CT molecular complexity index is 382. The smallest absolute Gasteiger partial charge is 0.157 e. The molecule has 0 bridgehead atoms. The van der Waals surface area contributed by atoms with Gasteiger partial charge in [0.15, 0.2) is 11.0 Å². The van der Waals surface area contributed by atoms with Crippen molar-refractivity contribution >= 4 is 23.1 Å². The predicted molar refractivity (Wildman–Crippen MR) is 73.3 cm³/mol. The number of anilines is 2. The van der Waals surface area contributed by atoms with Gasteiger partial charge in [-0.15, -0.1) is 0 Å². The zero-order chi connectivity index (χ0) is 12.8. The van der Waals surface area contributed by atoms with E-state index in [4.69, 9.17) is 16.3 Å². The van der Waals surface area contributed by atoms with Crippen molar-refractivity contribution in [1.82, 2.24) is 9.97 Å². The Morgan fingerprint density at radius 1 is 1.44 bits per heavy atom. The fraction of sp³-hybridized carbons (Fsp3) is 0.667. The lowest BCUT2D eigenvalue weighted by molar-refractivity contribution is 0.0134. The third kappa shape index (κ3) is 3.46. The Morgan fingerprint density at radius 3 is 3.06 bits per heavy atom. The van der Waals surface area contributed by atoms with Crippen LogP contribution in [0.3, 0.4) is 0 Å². The summed E-state index contributed by atoms with van der Waals surface area (Å²) in [4.78, 5) is 8.12. The van der Waals surface area contributed by atoms with Crippen molar-refractivity contribution in [3.63, 3.8) is 0 Å². The SMILES string of the molecule is CNc1c(Cl)ncnc1NCCC1CCCCO1. The second kappa shape index (κ2) is 6.75. The maximum Gasteiger partial charge on any atom is 0.157 e. The maximum atomic E-state index is 5.98. The van der Waals surface area contributed by atoms with Crippen molar-refractivity contribution in [2.24, 2.45) is 0 Å². The first-order valence-corrected chi connectivity index (χ1v) is 6.72. The van der Waals surface area contributed by atoms with Crippen LogP contribution in [-0.4, -0.2) is 36.3 Å². The van der Waals surface area contributed by atoms with E-state index in [-0.39, 0.29) is 0 Å². The highest BCUT2D eigenvalue weighted by Gasteiger charge is 2.14. The van der Waals surface area contributed by atoms with Crippen LogP contribution in [0.5, 0.6) is 0 Å². The van der Waals surface area contributed by atoms with E-state index in [2.05, 4.69) is 20.6 Å². The molecule has 1 aliphatic heterocycles. The lowest BCUT2D eigenvalue weighted by atomic mass is 10.1. The van der Waals surface area contributed by atoms with Gasteiger partial charge in [-0.1, -0.05) is 11.6 Å². The summed E-state index contributed by atoms with van der Waals surface area (Å²) in [5, 5.41) is 6.71. The summed E-state index contributed by atoms with van der Waals surface area (Å²) in [7, 11) is 1.81. The van der Waals surface area contributed by atoms with Crippen LogP contribution >= 0.6 is 11.6 Å². The normalized spacial score (nSPS) is 19.6. The molecule has 2 N–H and O–H groups in total. The molecule has 100 valence electrons. The Hall–Kier alpha value is -1.07. The summed E-state index contributed by atoms with van der Waals surface area (Å²) >= 11 is 5.98. The molecule has 1 aromatic rings. The van der Waals surface area contributed by atoms with Gasteiger partial charge in [0, 0.05) is 20.2 Å². The first-order valence-electron chi connectivity index (χ1n) is 6.35. The Kier molecular flexibility index (Phi) is 5.01. The van der Waals surface area contributed by atoms with E-state index in [9.17, 15) is 0 Å². The molecule has 18 heavy (non-hydrogen) atoms. The summed E-state index contributed by atoms with van der Waals surface area (Å²) in [6.07, 6.45) is 6.45. The second-order valence-electron chi connectivity index (χ2n) is 4.34. The minimum Gasteiger partial charge on any atom is -0.383 e. The molecule has 0 spiro atoms. The lowest BCUT2D eigenvalue weighted by Gasteiger charge is -2.22. The van der Waals surface area contributed by atoms with Gasteiger partial charge in [-0.05, 0) is 25.7 Å². The topological polar surface area (TPSA) is 59.1 Å². The first-order chi connectivity index (χ1) is 8.81. The van der Waals surface area contributed by atoms with Crippen molar-refractivity contribution in [2.45, 2.75) is 31.8 Å². The molecule has 0 aliphatic carbocycles. The van der Waals surface area contributed by atoms with Gasteiger partial charge in [0.1, 0.15) is 12.0 Å². The number of hydrogen-bond acceptors (Lipinski definition) is 5. The van der Waals surface area contributed by atoms with E-state index >= 15 is 0 Å². The van der Waals surface area contributed by atoms with Gasteiger partial charge in [0.2, 0.25) is 0 Å². The number of ether oxygens (including phenoxy) is 1. The summed E-state index contributed by atoms with van der Waals surface area (Å²) in [5.41, 5.74) is 0.740. The van der Waals surface area contributed by atoms with E-state index in [0.29, 0.717) is 11.3 Å². The van der Waals surface area contributed by atoms with E-state index in [1.54, 1.807) is 7.05 Å². The van der Waals surface area contributed by atoms with Gasteiger partial charge >= 0.3 is 0 Å². The lowest BCUT2D eigenvalue weighted by Crippen LogP contribution is -2.22. The average molecular weight is 271 g/mol. The number of aromatic nitrogens is 2. The summed E-state index contributed by atoms with van der Waals surface area (Å²) in [5.74, 6) is 0.744. The molecule has 6 heteroatoms. The third-order valence-corrected chi connectivity index (χ3v) is 3.37. The minimum atomic E-state index is 0.376. The third-order valence-electron chi connectivity index (χ3n) is 3.08. The van der Waals surface area contributed by atoms with Crippen molar-refractivity contribution in [3.8, 4) is 0 Å². The molecule has 5 nitrogen and oxygen atoms in total. The predicted octanol–water partition coefficient (Wildman–Crippen LogP) is 2.54. The number of halogens is 1. The van der Waals surface area contributed by atoms with E-state index < -0.39 is 0 Å². The highest BCUT2D eigenvalue weighted by Crippen LogP contribution is 2.25. The van der Waals surface area contributed by atoms with Gasteiger partial charge in [0.25, 0.3) is 0 Å². The van der Waals surface area contributed by atoms with E-state index in [1.165, 1.54) is 19.2 Å². The molecule has 1 saturated heterocycles. The second-order valence-corrected chi connectivity index (χ2v) is 4.70. The van der Waals surface area contributed by atoms with Crippen molar-refractivity contribution in [2.75, 3.05) is 30.8 Å². The van der Waals surface area contributed by atoms with Crippen molar-refractivity contribution in [3.05, 3.63) is 11.5 Å². The molecule has 0 aromatic carbocycles. The van der Waals surface area contributed by atoms with Crippen LogP contribution in [0.15, 0.2) is 6.33 Å². The Balaban J connectivity index is 1.84. The Morgan fingerprint density at radius 2 is 2.33 bits per heavy atom. The molecule has 1 unspecified atom stereocenters. The van der Waals surface area contributed by atoms with Gasteiger partial charge in [0.05, 0.1) is 6.10 Å². The van der Waals surface area contributed by atoms with Gasteiger partial charge < -0.3 is 15.4 Å². The van der Waals surface area contributed by atoms with E-state index in [1.807, 2.05) is 0 Å². The molecule has 0 amide bonds. The summed E-state index contributed by atoms with van der Waals surface area (Å²) < 4.78 is 5.68. The summed E-state index contributed by atoms with van der Waals surface area (Å²) in [6.45, 7) is 1.72. The van der Waals surface area contributed by atoms with E-state index in [0.717, 1.165) is 37.5 Å². The fourth-order valence-electron chi connectivity index (χ4n) is 2.11. The fourth-order valence-corrected chi connectivity index (χ4v) is 2.33. The molecular weight excluding hydrogens is 252 g/mol. The minimum absolute atomic E-state index is 0.376. The van der Waals surface area contributed by atoms with Crippen molar-refractivity contribution < 1.29 is 4.74 Å². The van der Waals surface area contributed by atoms with Crippen LogP contribution in [0.4, 0.5) is 11.5 Å². The zero-order valence-electron chi connectivity index (χ0n) is 10.6. The van der Waals surface area contributed by atoms with Crippen LogP contribution in [0.1, 0.15) is 25.7 Å². The quantitative estimate of drug-likeness (QED) is 0.806. The maximum absolute atomic E-state index is 5.98. The zero-order valence-corrected chi connectivity index (χ0v) is 11.3. The monoisotopic (exact) mass is 270 g/mol. The van der Waals surface area contributed by atoms with Crippen LogP contribution in [0.2, 0.25) is 5.15 Å². The standard InChI is InChI=1S/C12H19ClN4O/c1-14-10-11(13)16-8-17-12(10)15-6-5-9-4-2-3-7-18-9/h8-9,14H,2-7H2,1H3,(H,15,16,17). The summed E-state index contributed by atoms with van der Waals surface area (Å²) in [6, 6.07) is 0. The first kappa shape index (κ1) is 13.4. The van der Waals surface area contributed by atoms with Crippen LogP contribution < -0.4 is 10.6 Å². The van der Waals surface area contributed by atoms with Gasteiger partial charge in [-0.2, -0.15) is 0 Å². The van der Waals surface area contributed by atoms with Crippen molar-refractivity contribution in [1.29, 1.82) is 0 Å². The number of hydrogen-bond donors (Lipinski definition) is 2. The number of rotatable bonds is 5. The van der Waals surface area contributed by atoms with Crippen LogP contribution in [-0.2, 0) is 4.74 Å². The molecule has 2 heterocycles. The average Bonchev–Trinajstić information content (AvgIpc) is 2.40. The Labute approximate surface area is 112 Å². The van der Waals surface area contributed by atoms with Crippen LogP contribution in [0, 0.1) is 0 Å². The van der Waals surface area contributed by atoms with Gasteiger partial charge in [-0.25, -0.2) is 9.97 Å². The molecule has 1 atom stereocenters. The molecular formula is C12H19ClN4O. The molecule has 2 rings (SSSR count). The molecule has 0 saturated carbocycles. The molecule has 1 fully saturated rings. The largest absolute Gasteiger partial charge is 0.383 e. The molecule has 1 aromatic heterocycles. The number of nitrogens with zero attached hydrogens (tertiary/aromatic N) is 2. The highest BCUT2D eigenvalue weighted by atomic mass is 35.5. The van der Waals surface area contributed by atoms with Gasteiger partial charge in [-0.3, -0.25) is 0 Å². The molecule has 1 aliphatic rings.